The lowest BCUT2D eigenvalue weighted by Crippen LogP contribution is -2.90. The van der Waals surface area contributed by atoms with Crippen molar-refractivity contribution in [2.75, 3.05) is 13.2 Å². The Bertz CT molecular complexity index is 1860. The van der Waals surface area contributed by atoms with Crippen LogP contribution in [0.1, 0.15) is 91.2 Å². The molecule has 0 aromatic carbocycles. The summed E-state index contributed by atoms with van der Waals surface area (Å²) in [6, 6.07) is 2.89. The Morgan fingerprint density at radius 2 is 1.35 bits per heavy atom. The van der Waals surface area contributed by atoms with Crippen molar-refractivity contribution in [1.29, 1.82) is 0 Å². The molecule has 1 aromatic heterocycles. The number of carbonyl (C=O) groups excluding carboxylic acids is 8. The summed E-state index contributed by atoms with van der Waals surface area (Å²) in [4.78, 5) is 111. The maximum Gasteiger partial charge on any atom is 0.340 e. The van der Waals surface area contributed by atoms with Crippen molar-refractivity contribution in [2.45, 2.75) is 129 Å². The summed E-state index contributed by atoms with van der Waals surface area (Å²) in [5, 5.41) is 13.4. The third-order valence-electron chi connectivity index (χ3n) is 11.7. The lowest BCUT2D eigenvalue weighted by molar-refractivity contribution is -0.387. The molecular formula is C38H47NO18. The molecule has 19 heteroatoms. The molecular weight excluding hydrogens is 758 g/mol. The Kier molecular flexibility index (Phi) is 11.5. The van der Waals surface area contributed by atoms with Gasteiger partial charge in [-0.25, -0.2) is 4.79 Å². The maximum atomic E-state index is 14.3. The first-order valence-electron chi connectivity index (χ1n) is 18.2. The lowest BCUT2D eigenvalue weighted by Gasteiger charge is -2.68. The molecule has 57 heavy (non-hydrogen) atoms. The highest BCUT2D eigenvalue weighted by atomic mass is 16.7. The number of carbonyl (C=O) groups is 8. The second kappa shape index (κ2) is 15.3. The predicted octanol–water partition coefficient (Wildman–Crippen LogP) is 1.03. The van der Waals surface area contributed by atoms with Gasteiger partial charge in [-0.15, -0.1) is 0 Å². The van der Waals surface area contributed by atoms with Crippen molar-refractivity contribution in [1.82, 2.24) is 4.98 Å². The summed E-state index contributed by atoms with van der Waals surface area (Å²) in [6.45, 7) is 9.71. The molecule has 2 saturated carbocycles. The van der Waals surface area contributed by atoms with E-state index in [4.69, 9.17) is 42.6 Å². The topological polar surface area (TPSA) is 253 Å². The van der Waals surface area contributed by atoms with Crippen molar-refractivity contribution in [2.24, 2.45) is 16.7 Å². The monoisotopic (exact) mass is 805 g/mol. The molecule has 1 aromatic rings. The number of aromatic nitrogens is 1. The van der Waals surface area contributed by atoms with E-state index in [9.17, 15) is 43.5 Å². The standard InChI is InChI=1S/C38H47NO18/c1-16-17(2)32(46)56-28-27(51-19(4)41)29(52-20(5)42)37(15-50-18(3)40)31(54-22(7)44)30(53-21(6)43)35(9)25(14-49-33(47)24-12-11-13-39-26(16)24)57-38(37,36(28,10)48)34(35)55-23(8)45/h11-13,16-17,25,27-31,34,48H,14-15H2,1-10H3/t16-,17+,25-,27-,28-,29+,30+,31+,34-,35+,36-,37+,38+/m0/s1. The van der Waals surface area contributed by atoms with Crippen LogP contribution in [0.4, 0.5) is 0 Å². The van der Waals surface area contributed by atoms with Gasteiger partial charge in [-0.2, -0.15) is 0 Å². The van der Waals surface area contributed by atoms with Gasteiger partial charge in [-0.1, -0.05) is 13.8 Å². The van der Waals surface area contributed by atoms with Crippen LogP contribution in [-0.2, 0) is 76.2 Å². The Balaban J connectivity index is 2.01. The molecule has 0 amide bonds. The van der Waals surface area contributed by atoms with E-state index in [-0.39, 0.29) is 11.3 Å². The molecule has 2 aliphatic carbocycles. The van der Waals surface area contributed by atoms with Crippen molar-refractivity contribution in [3.63, 3.8) is 0 Å². The summed E-state index contributed by atoms with van der Waals surface area (Å²) in [5.41, 5.74) is -10.1. The zero-order valence-corrected chi connectivity index (χ0v) is 33.2. The Morgan fingerprint density at radius 3 is 1.91 bits per heavy atom. The number of esters is 8. The van der Waals surface area contributed by atoms with Crippen LogP contribution >= 0.6 is 0 Å². The van der Waals surface area contributed by atoms with Crippen molar-refractivity contribution < 1.29 is 86.1 Å². The number of hydrogen-bond donors (Lipinski definition) is 1. The maximum absolute atomic E-state index is 14.3. The van der Waals surface area contributed by atoms with Crippen LogP contribution in [0.15, 0.2) is 18.3 Å². The van der Waals surface area contributed by atoms with Gasteiger partial charge in [0.1, 0.15) is 36.4 Å². The quantitative estimate of drug-likeness (QED) is 0.298. The van der Waals surface area contributed by atoms with E-state index in [2.05, 4.69) is 4.98 Å². The second-order valence-electron chi connectivity index (χ2n) is 15.3. The van der Waals surface area contributed by atoms with Gasteiger partial charge >= 0.3 is 47.8 Å². The number of aliphatic hydroxyl groups is 1. The van der Waals surface area contributed by atoms with E-state index in [1.54, 1.807) is 6.92 Å². The minimum atomic E-state index is -2.82. The number of rotatable bonds is 7. The first-order chi connectivity index (χ1) is 26.5. The lowest BCUT2D eigenvalue weighted by atomic mass is 9.42. The molecule has 5 rings (SSSR count). The highest BCUT2D eigenvalue weighted by molar-refractivity contribution is 5.91. The van der Waals surface area contributed by atoms with E-state index in [1.807, 2.05) is 0 Å². The van der Waals surface area contributed by atoms with Crippen molar-refractivity contribution in [3.8, 4) is 0 Å². The van der Waals surface area contributed by atoms with Gasteiger partial charge in [-0.3, -0.25) is 38.5 Å². The zero-order chi connectivity index (χ0) is 42.6. The van der Waals surface area contributed by atoms with E-state index >= 15 is 0 Å². The third kappa shape index (κ3) is 6.77. The fourth-order valence-electron chi connectivity index (χ4n) is 9.22. The second-order valence-corrected chi connectivity index (χ2v) is 15.3. The summed E-state index contributed by atoms with van der Waals surface area (Å²) in [5.74, 6) is -10.1. The van der Waals surface area contributed by atoms with E-state index in [1.165, 1.54) is 32.2 Å². The van der Waals surface area contributed by atoms with Gasteiger partial charge in [0.15, 0.2) is 36.1 Å². The van der Waals surface area contributed by atoms with Crippen LogP contribution in [0.5, 0.6) is 0 Å². The first-order valence-corrected chi connectivity index (χ1v) is 18.2. The fourth-order valence-corrected chi connectivity index (χ4v) is 9.22. The normalized spacial score (nSPS) is 38.2. The smallest absolute Gasteiger partial charge is 0.340 e. The summed E-state index contributed by atoms with van der Waals surface area (Å²) >= 11 is 0. The van der Waals surface area contributed by atoms with Crippen molar-refractivity contribution in [3.05, 3.63) is 29.6 Å². The van der Waals surface area contributed by atoms with Gasteiger partial charge in [0.05, 0.1) is 22.6 Å². The average Bonchev–Trinajstić information content (AvgIpc) is 3.32. The number of fused-ring (bicyclic) bond motifs is 5. The van der Waals surface area contributed by atoms with Crippen LogP contribution in [-0.4, -0.2) is 125 Å². The number of nitrogens with zero attached hydrogens (tertiary/aromatic N) is 1. The van der Waals surface area contributed by atoms with Gasteiger partial charge in [0.25, 0.3) is 0 Å². The molecule has 1 saturated heterocycles. The Morgan fingerprint density at radius 1 is 0.789 bits per heavy atom. The molecule has 1 N–H and O–H groups in total. The molecule has 3 heterocycles. The van der Waals surface area contributed by atoms with Gasteiger partial charge in [0.2, 0.25) is 0 Å². The van der Waals surface area contributed by atoms with Crippen LogP contribution in [0.3, 0.4) is 0 Å². The highest BCUT2D eigenvalue weighted by Gasteiger charge is 2.93. The van der Waals surface area contributed by atoms with Crippen LogP contribution in [0, 0.1) is 16.7 Å². The SMILES string of the molecule is CC(=O)OC[C@]12[C@H](OC(C)=O)[C@@H](OC(C)=O)[C@@H]3OC(=O)[C@H](C)[C@H](C)c4ncccc4C(=O)OC[C@@H]4O[C@]1([C@@H](OC(C)=O)[C@@]4(C)[C@H](OC(C)=O)[C@H]2OC(C)=O)[C@@]3(C)O. The van der Waals surface area contributed by atoms with Gasteiger partial charge < -0.3 is 47.7 Å². The third-order valence-corrected chi connectivity index (χ3v) is 11.7. The molecule has 0 unspecified atom stereocenters. The first kappa shape index (κ1) is 43.0. The van der Waals surface area contributed by atoms with Crippen molar-refractivity contribution >= 4 is 47.8 Å². The van der Waals surface area contributed by atoms with E-state index in [0.29, 0.717) is 0 Å². The van der Waals surface area contributed by atoms with Crippen LogP contribution < -0.4 is 0 Å². The minimum absolute atomic E-state index is 0.0408. The average molecular weight is 806 g/mol. The molecule has 312 valence electrons. The minimum Gasteiger partial charge on any atom is -0.465 e. The molecule has 4 aliphatic rings. The molecule has 2 aliphatic heterocycles. The Hall–Kier alpha value is -5.17. The fraction of sp³-hybridized carbons (Fsp3) is 0.658. The number of pyridine rings is 1. The van der Waals surface area contributed by atoms with Crippen LogP contribution in [0.25, 0.3) is 0 Å². The molecule has 3 fully saturated rings. The largest absolute Gasteiger partial charge is 0.465 e. The van der Waals surface area contributed by atoms with Gasteiger partial charge in [0, 0.05) is 53.7 Å². The number of cyclic esters (lactones) is 1. The number of hydrogen-bond acceptors (Lipinski definition) is 19. The zero-order valence-electron chi connectivity index (χ0n) is 33.2. The molecule has 4 bridgehead atoms. The highest BCUT2D eigenvalue weighted by Crippen LogP contribution is 2.71. The molecule has 0 radical (unpaired) electrons. The van der Waals surface area contributed by atoms with E-state index in [0.717, 1.165) is 48.5 Å². The molecule has 19 nitrogen and oxygen atoms in total. The Labute approximate surface area is 327 Å². The summed E-state index contributed by atoms with van der Waals surface area (Å²) in [7, 11) is 0. The predicted molar refractivity (Wildman–Crippen MR) is 185 cm³/mol. The molecule has 13 atom stereocenters. The van der Waals surface area contributed by atoms with Gasteiger partial charge in [-0.05, 0) is 26.0 Å². The van der Waals surface area contributed by atoms with E-state index < -0.39 is 138 Å². The molecule has 1 spiro atoms. The van der Waals surface area contributed by atoms with Crippen LogP contribution in [0.2, 0.25) is 0 Å². The summed E-state index contributed by atoms with van der Waals surface area (Å²) in [6.07, 6.45) is -12.2. The number of ether oxygens (including phenoxy) is 9. The summed E-state index contributed by atoms with van der Waals surface area (Å²) < 4.78 is 54.3.